The fourth-order valence-corrected chi connectivity index (χ4v) is 4.37. The first-order valence-corrected chi connectivity index (χ1v) is 12.6. The van der Waals surface area contributed by atoms with E-state index >= 15 is 0 Å². The highest BCUT2D eigenvalue weighted by atomic mass is 16.7. The quantitative estimate of drug-likeness (QED) is 0.283. The number of methoxy groups -OCH3 is 3. The van der Waals surface area contributed by atoms with E-state index in [4.69, 9.17) is 33.2 Å². The van der Waals surface area contributed by atoms with Crippen LogP contribution < -0.4 is 9.47 Å². The minimum Gasteiger partial charge on any atom is -0.497 e. The van der Waals surface area contributed by atoms with Gasteiger partial charge in [-0.15, -0.1) is 6.58 Å². The third-order valence-corrected chi connectivity index (χ3v) is 6.48. The molecule has 0 aromatic heterocycles. The lowest BCUT2D eigenvalue weighted by atomic mass is 9.97. The molecule has 4 rings (SSSR count). The van der Waals surface area contributed by atoms with Crippen LogP contribution in [0.2, 0.25) is 0 Å². The third-order valence-electron chi connectivity index (χ3n) is 6.48. The predicted octanol–water partition coefficient (Wildman–Crippen LogP) is 5.32. The molecule has 1 fully saturated rings. The summed E-state index contributed by atoms with van der Waals surface area (Å²) >= 11 is 0. The molecule has 38 heavy (non-hydrogen) atoms. The van der Waals surface area contributed by atoms with Crippen LogP contribution in [0.15, 0.2) is 91.5 Å². The molecule has 0 radical (unpaired) electrons. The van der Waals surface area contributed by atoms with Gasteiger partial charge >= 0.3 is 0 Å². The highest BCUT2D eigenvalue weighted by Crippen LogP contribution is 2.31. The normalized spacial score (nSPS) is 23.1. The molecule has 0 bridgehead atoms. The van der Waals surface area contributed by atoms with Crippen molar-refractivity contribution in [3.8, 4) is 11.5 Å². The summed E-state index contributed by atoms with van der Waals surface area (Å²) in [7, 11) is 4.89. The lowest BCUT2D eigenvalue weighted by Crippen LogP contribution is -2.60. The number of ether oxygens (including phenoxy) is 7. The van der Waals surface area contributed by atoms with Crippen LogP contribution in [0.5, 0.6) is 11.5 Å². The van der Waals surface area contributed by atoms with E-state index in [-0.39, 0.29) is 0 Å². The predicted molar refractivity (Wildman–Crippen MR) is 144 cm³/mol. The van der Waals surface area contributed by atoms with Crippen molar-refractivity contribution in [2.45, 2.75) is 50.5 Å². The van der Waals surface area contributed by atoms with Crippen LogP contribution in [0.25, 0.3) is 0 Å². The van der Waals surface area contributed by atoms with Crippen molar-refractivity contribution in [3.63, 3.8) is 0 Å². The zero-order chi connectivity index (χ0) is 26.7. The van der Waals surface area contributed by atoms with Gasteiger partial charge < -0.3 is 33.2 Å². The van der Waals surface area contributed by atoms with Gasteiger partial charge in [0.2, 0.25) is 0 Å². The van der Waals surface area contributed by atoms with E-state index in [9.17, 15) is 0 Å². The second-order valence-electron chi connectivity index (χ2n) is 8.95. The minimum atomic E-state index is -0.664. The van der Waals surface area contributed by atoms with Crippen LogP contribution in [-0.4, -0.2) is 52.0 Å². The van der Waals surface area contributed by atoms with Gasteiger partial charge in [0.15, 0.2) is 6.29 Å². The Morgan fingerprint density at radius 2 is 1.11 bits per heavy atom. The fraction of sp³-hybridized carbons (Fsp3) is 0.355. The Morgan fingerprint density at radius 1 is 0.632 bits per heavy atom. The van der Waals surface area contributed by atoms with E-state index in [2.05, 4.69) is 6.58 Å². The van der Waals surface area contributed by atoms with E-state index in [1.54, 1.807) is 27.4 Å². The molecule has 1 heterocycles. The van der Waals surface area contributed by atoms with Gasteiger partial charge in [-0.25, -0.2) is 0 Å². The molecule has 0 N–H and O–H groups in total. The number of hydrogen-bond acceptors (Lipinski definition) is 7. The van der Waals surface area contributed by atoms with Crippen molar-refractivity contribution < 1.29 is 33.2 Å². The molecular formula is C31H36O7. The number of hydrogen-bond donors (Lipinski definition) is 0. The maximum Gasteiger partial charge on any atom is 0.186 e. The maximum absolute atomic E-state index is 6.53. The molecule has 7 nitrogen and oxygen atoms in total. The Kier molecular flexibility index (Phi) is 10.3. The van der Waals surface area contributed by atoms with Gasteiger partial charge in [0, 0.05) is 7.11 Å². The second-order valence-corrected chi connectivity index (χ2v) is 8.95. The van der Waals surface area contributed by atoms with Gasteiger partial charge in [-0.05, 0) is 41.0 Å². The Bertz CT molecular complexity index is 1100. The molecule has 1 aliphatic rings. The van der Waals surface area contributed by atoms with Crippen molar-refractivity contribution in [1.29, 1.82) is 0 Å². The van der Waals surface area contributed by atoms with Crippen molar-refractivity contribution in [2.24, 2.45) is 0 Å². The molecule has 0 aliphatic carbocycles. The van der Waals surface area contributed by atoms with Crippen LogP contribution >= 0.6 is 0 Å². The summed E-state index contributed by atoms with van der Waals surface area (Å²) in [4.78, 5) is 0. The van der Waals surface area contributed by atoms with E-state index in [1.165, 1.54) is 0 Å². The van der Waals surface area contributed by atoms with Gasteiger partial charge in [0.1, 0.15) is 35.9 Å². The van der Waals surface area contributed by atoms with Gasteiger partial charge in [0.25, 0.3) is 0 Å². The molecule has 3 aromatic rings. The topological polar surface area (TPSA) is 64.6 Å². The first kappa shape index (κ1) is 27.8. The van der Waals surface area contributed by atoms with E-state index in [0.717, 1.165) is 28.2 Å². The molecule has 0 spiro atoms. The Labute approximate surface area is 224 Å². The van der Waals surface area contributed by atoms with E-state index < -0.39 is 30.7 Å². The summed E-state index contributed by atoms with van der Waals surface area (Å²) in [6.07, 6.45) is -0.933. The molecule has 7 heteroatoms. The Hall–Kier alpha value is -3.20. The fourth-order valence-electron chi connectivity index (χ4n) is 4.37. The maximum atomic E-state index is 6.53. The van der Waals surface area contributed by atoms with Crippen LogP contribution in [0.4, 0.5) is 0 Å². The summed E-state index contributed by atoms with van der Waals surface area (Å²) in [5.74, 6) is 1.58. The van der Waals surface area contributed by atoms with Gasteiger partial charge in [-0.1, -0.05) is 60.7 Å². The number of benzene rings is 3. The largest absolute Gasteiger partial charge is 0.497 e. The summed E-state index contributed by atoms with van der Waals surface area (Å²) < 4.78 is 41.9. The smallest absolute Gasteiger partial charge is 0.186 e. The molecule has 3 aromatic carbocycles. The molecule has 0 amide bonds. The Morgan fingerprint density at radius 3 is 1.58 bits per heavy atom. The van der Waals surface area contributed by atoms with Crippen LogP contribution in [0.3, 0.4) is 0 Å². The average Bonchev–Trinajstić information content (AvgIpc) is 2.98. The lowest BCUT2D eigenvalue weighted by Gasteiger charge is -2.44. The summed E-state index contributed by atoms with van der Waals surface area (Å²) in [6.45, 7) is 5.06. The molecule has 0 unspecified atom stereocenters. The highest BCUT2D eigenvalue weighted by Gasteiger charge is 2.47. The SMILES string of the molecule is C=C[C@H]1O[C@H](OC)[C@H](OCc2ccccc2)[C@@H](OCc2ccc(OC)cc2)[C@@H]1OCc1ccc(OC)cc1. The van der Waals surface area contributed by atoms with Crippen molar-refractivity contribution in [1.82, 2.24) is 0 Å². The van der Waals surface area contributed by atoms with Crippen molar-refractivity contribution in [3.05, 3.63) is 108 Å². The summed E-state index contributed by atoms with van der Waals surface area (Å²) in [5, 5.41) is 0. The zero-order valence-corrected chi connectivity index (χ0v) is 22.2. The second kappa shape index (κ2) is 14.1. The monoisotopic (exact) mass is 520 g/mol. The average molecular weight is 521 g/mol. The molecular weight excluding hydrogens is 484 g/mol. The van der Waals surface area contributed by atoms with Crippen LogP contribution in [-0.2, 0) is 43.5 Å². The van der Waals surface area contributed by atoms with Gasteiger partial charge in [0.05, 0.1) is 34.0 Å². The first-order chi connectivity index (χ1) is 18.6. The molecule has 1 aliphatic heterocycles. The summed E-state index contributed by atoms with van der Waals surface area (Å²) in [5.41, 5.74) is 3.04. The first-order valence-electron chi connectivity index (χ1n) is 12.6. The van der Waals surface area contributed by atoms with Crippen LogP contribution in [0.1, 0.15) is 16.7 Å². The van der Waals surface area contributed by atoms with E-state index in [0.29, 0.717) is 19.8 Å². The summed E-state index contributed by atoms with van der Waals surface area (Å²) in [6, 6.07) is 25.5. The van der Waals surface area contributed by atoms with Gasteiger partial charge in [-0.2, -0.15) is 0 Å². The van der Waals surface area contributed by atoms with E-state index in [1.807, 2.05) is 78.9 Å². The lowest BCUT2D eigenvalue weighted by molar-refractivity contribution is -0.309. The highest BCUT2D eigenvalue weighted by molar-refractivity contribution is 5.27. The number of rotatable bonds is 13. The van der Waals surface area contributed by atoms with Crippen molar-refractivity contribution >= 4 is 0 Å². The zero-order valence-electron chi connectivity index (χ0n) is 22.2. The van der Waals surface area contributed by atoms with Crippen molar-refractivity contribution in [2.75, 3.05) is 21.3 Å². The Balaban J connectivity index is 1.56. The van der Waals surface area contributed by atoms with Crippen LogP contribution in [0, 0.1) is 0 Å². The third kappa shape index (κ3) is 7.22. The molecule has 1 saturated heterocycles. The molecule has 202 valence electrons. The van der Waals surface area contributed by atoms with Gasteiger partial charge in [-0.3, -0.25) is 0 Å². The minimum absolute atomic E-state index is 0.350. The molecule has 5 atom stereocenters. The molecule has 0 saturated carbocycles. The standard InChI is InChI=1S/C31H36O7/c1-5-27-28(35-20-23-11-15-25(32-2)16-12-23)29(36-21-24-13-17-26(33-3)18-14-24)30(31(34-4)38-27)37-19-22-9-7-6-8-10-22/h5-18,27-31H,1,19-21H2,2-4H3/t27-,28-,29+,30-,31+/m1/s1.